The topological polar surface area (TPSA) is 662 Å². The van der Waals surface area contributed by atoms with Gasteiger partial charge in [-0.05, 0) is 119 Å². The van der Waals surface area contributed by atoms with Gasteiger partial charge in [0.2, 0.25) is 65.6 Å². The number of benzene rings is 7. The Labute approximate surface area is 734 Å². The number of aliphatic hydroxyl groups excluding tert-OH is 10. The third-order valence-electron chi connectivity index (χ3n) is 22.5. The zero-order valence-electron chi connectivity index (χ0n) is 67.3. The van der Waals surface area contributed by atoms with Gasteiger partial charge in [-0.25, -0.2) is 4.79 Å². The van der Waals surface area contributed by atoms with Gasteiger partial charge in [0.25, 0.3) is 0 Å². The first-order chi connectivity index (χ1) is 61.0. The van der Waals surface area contributed by atoms with Gasteiger partial charge in [0.15, 0.2) is 35.3 Å². The molecule has 9 heterocycles. The van der Waals surface area contributed by atoms with Crippen LogP contribution in [0.3, 0.4) is 0 Å². The molecule has 9 aliphatic rings. The lowest BCUT2D eigenvalue weighted by Crippen LogP contribution is -2.65. The maximum absolute atomic E-state index is 17.0. The summed E-state index contributed by atoms with van der Waals surface area (Å²) >= 11 is 14.7. The number of nitrogens with two attached hydrogens (primary N) is 1. The second kappa shape index (κ2) is 38.5. The third kappa shape index (κ3) is 19.2. The largest absolute Gasteiger partial charge is 0.508 e. The van der Waals surface area contributed by atoms with Gasteiger partial charge in [0.1, 0.15) is 156 Å². The molecule has 3 fully saturated rings. The Morgan fingerprint density at radius 2 is 1.05 bits per heavy atom. The molecule has 44 heteroatoms. The number of unbranched alkanes of at least 4 members (excludes halogenated alkanes) is 2. The first-order valence-corrected chi connectivity index (χ1v) is 40.9. The van der Waals surface area contributed by atoms with Crippen molar-refractivity contribution in [2.45, 2.75) is 186 Å². The molecule has 25 N–H and O–H groups in total. The molecule has 0 saturated carbocycles. The summed E-state index contributed by atoms with van der Waals surface area (Å²) in [6.45, 7) is -0.301. The second-order valence-corrected chi connectivity index (χ2v) is 32.1. The van der Waals surface area contributed by atoms with E-state index in [2.05, 4.69) is 42.5 Å². The van der Waals surface area contributed by atoms with E-state index in [0.29, 0.717) is 19.3 Å². The number of amides is 8. The highest BCUT2D eigenvalue weighted by molar-refractivity contribution is 6.32. The molecule has 8 amide bonds. The molecule has 42 nitrogen and oxygen atoms in total. The van der Waals surface area contributed by atoms with Crippen LogP contribution >= 0.6 is 23.2 Å². The van der Waals surface area contributed by atoms with Gasteiger partial charge in [-0.3, -0.25) is 38.4 Å². The van der Waals surface area contributed by atoms with E-state index < -0.39 is 316 Å². The highest BCUT2D eigenvalue weighted by Gasteiger charge is 2.52. The van der Waals surface area contributed by atoms with Crippen LogP contribution in [0.25, 0.3) is 11.1 Å². The van der Waals surface area contributed by atoms with Crippen LogP contribution in [0.5, 0.6) is 69.0 Å². The van der Waals surface area contributed by atoms with Crippen LogP contribution in [0.1, 0.15) is 115 Å². The summed E-state index contributed by atoms with van der Waals surface area (Å²) < 4.78 is 57.2. The summed E-state index contributed by atoms with van der Waals surface area (Å²) in [6.07, 6.45) is -27.8. The van der Waals surface area contributed by atoms with E-state index in [1.165, 1.54) is 30.3 Å². The molecular weight excluding hydrogens is 1730 g/mol. The second-order valence-electron chi connectivity index (χ2n) is 31.3. The predicted molar refractivity (Wildman–Crippen MR) is 435 cm³/mol. The quantitative estimate of drug-likeness (QED) is 0.0548. The average molecular weight is 1820 g/mol. The first kappa shape index (κ1) is 92.1. The standard InChI is InChI=1S/C84H89Cl2N9O33/c1-3-4-5-6-56(104)90-64-70(109)67(106)54(28-97)125-83(64)128-74-51-22-36-23-52(74)122-48-14-10-34(20-43(48)86)73(127-82-63(88-30(2)99)69(108)66(105)53(27-96)124-82)65-80(117)94-62(81(118)119)41-25-38(101)26-50(123-84-72(111)71(110)68(107)55(29-98)126-84)57(41)40-19-33(9-11-45(40)102)59(77(114)95-65)92-79(116)61(36)93-78(115)60-35-17-37(100)24-39(18-35)120-49-21-32(8-12-46(49)103)58(87)76(113)89-44(75(112)91-60)16-31-7-13-47(121-51)42(85)15-31/h7-15,17-26,44,53-55,58-73,82-84,96-98,100-103,105-111H,3-6,16,27-29,87H2,1-2H3,(H,88,99)(H,89,113)(H,90,104)(H,91,112)(H,92,116)(H,93,115)(H,94,117)(H,95,114)(H,118,119)/t44-,53-,54-,55-,58-,59-,60+,61-,62+,63-,64-,65+,66-,67-,68-,69-,70-,71+,72+,73-,82+,83+,84+/m1/s1. The van der Waals surface area contributed by atoms with E-state index >= 15 is 24.0 Å². The zero-order chi connectivity index (χ0) is 91.9. The molecule has 0 unspecified atom stereocenters. The molecule has 0 spiro atoms. The molecule has 128 heavy (non-hydrogen) atoms. The molecule has 7 aromatic carbocycles. The normalized spacial score (nSPS) is 29.4. The Kier molecular flexibility index (Phi) is 27.7. The number of ether oxygens (including phenoxy) is 9. The van der Waals surface area contributed by atoms with Gasteiger partial charge < -0.3 is 167 Å². The smallest absolute Gasteiger partial charge is 0.330 e. The first-order valence-electron chi connectivity index (χ1n) is 40.1. The third-order valence-corrected chi connectivity index (χ3v) is 23.0. The van der Waals surface area contributed by atoms with Gasteiger partial charge in [0.05, 0.1) is 29.9 Å². The van der Waals surface area contributed by atoms with Crippen LogP contribution < -0.4 is 72.0 Å². The summed E-state index contributed by atoms with van der Waals surface area (Å²) in [6, 6.07) is 0.590. The number of hydrogen-bond donors (Lipinski definition) is 24. The molecule has 16 rings (SSSR count). The van der Waals surface area contributed by atoms with Gasteiger partial charge in [-0.1, -0.05) is 67.2 Å². The number of fused-ring (bicyclic) bond motifs is 14. The molecule has 9 aliphatic heterocycles. The van der Waals surface area contributed by atoms with Gasteiger partial charge in [-0.15, -0.1) is 0 Å². The highest BCUT2D eigenvalue weighted by atomic mass is 35.5. The van der Waals surface area contributed by atoms with Crippen molar-refractivity contribution in [3.05, 3.63) is 164 Å². The number of halogens is 2. The summed E-state index contributed by atoms with van der Waals surface area (Å²) in [7, 11) is 0. The fourth-order valence-corrected chi connectivity index (χ4v) is 16.3. The van der Waals surface area contributed by atoms with Crippen LogP contribution in [-0.2, 0) is 68.5 Å². The van der Waals surface area contributed by atoms with E-state index in [0.717, 1.165) is 91.9 Å². The number of carbonyl (C=O) groups excluding carboxylic acids is 8. The van der Waals surface area contributed by atoms with E-state index in [9.17, 15) is 95.8 Å². The van der Waals surface area contributed by atoms with E-state index in [1.807, 2.05) is 6.92 Å². The zero-order valence-corrected chi connectivity index (χ0v) is 68.8. The van der Waals surface area contributed by atoms with Gasteiger partial charge in [-0.2, -0.15) is 0 Å². The summed E-state index contributed by atoms with van der Waals surface area (Å²) in [5, 5.41) is 189. The molecular formula is C84H89Cl2N9O33. The van der Waals surface area contributed by atoms with Crippen LogP contribution in [0, 0.1) is 0 Å². The van der Waals surface area contributed by atoms with E-state index in [-0.39, 0.29) is 39.8 Å². The number of carboxylic acid groups (broad SMARTS) is 1. The highest BCUT2D eigenvalue weighted by Crippen LogP contribution is 2.51. The number of phenols is 4. The van der Waals surface area contributed by atoms with E-state index in [1.54, 1.807) is 0 Å². The lowest BCUT2D eigenvalue weighted by molar-refractivity contribution is -0.284. The Hall–Kier alpha value is -12.1. The number of aliphatic carboxylic acids is 1. The molecule has 0 radical (unpaired) electrons. The molecule has 682 valence electrons. The maximum atomic E-state index is 17.0. The Balaban J connectivity index is 1.05. The molecule has 0 aromatic heterocycles. The van der Waals surface area contributed by atoms with Crippen molar-refractivity contribution >= 4 is 76.4 Å². The van der Waals surface area contributed by atoms with Crippen molar-refractivity contribution in [1.82, 2.24) is 42.5 Å². The van der Waals surface area contributed by atoms with Crippen molar-refractivity contribution in [3.8, 4) is 80.1 Å². The number of carboxylic acids is 1. The van der Waals surface area contributed by atoms with Crippen molar-refractivity contribution in [3.63, 3.8) is 0 Å². The van der Waals surface area contributed by atoms with Crippen molar-refractivity contribution in [2.24, 2.45) is 5.73 Å². The van der Waals surface area contributed by atoms with Crippen molar-refractivity contribution in [2.75, 3.05) is 19.8 Å². The number of rotatable bonds is 16. The minimum Gasteiger partial charge on any atom is -0.508 e. The predicted octanol–water partition coefficient (Wildman–Crippen LogP) is -0.397. The number of aromatic hydroxyl groups is 4. The number of carbonyl (C=O) groups is 9. The SMILES string of the molecule is CCCCCC(=O)N[C@H]1[C@H](Oc2c3cc4cc2Oc2ccc(cc2Cl)[C@@H](O[C@@H]2O[C@H](CO)[C@@H](O)[C@H](O)[C@H]2NC(C)=O)[C@@H]2NC(=O)[C@H](NC(=O)[C@@H]4NC(=O)[C@H]4NC(=O)[C@@H](Cc5ccc(c(Cl)c5)O3)NC(=O)[C@H](N)c3ccc(O)c(c3)Oc3cc(O)cc4c3)c3ccc(O)c(c3)-c3c(O[C@H]4O[C@H](CO)[C@@H](O)[C@H](O)[C@@H]4O)cc(O)cc3[C@@H](C(=O)O)NC2=O)O[C@H](CO)[C@@H](O)[C@@H]1O. The average Bonchev–Trinajstić information content (AvgIpc) is 0.762. The number of phenolic OH excluding ortho intramolecular Hbond substituents is 4. The minimum atomic E-state index is -2.59. The Bertz CT molecular complexity index is 5460. The van der Waals surface area contributed by atoms with Crippen molar-refractivity contribution < 1.29 is 162 Å². The van der Waals surface area contributed by atoms with Crippen LogP contribution in [0.2, 0.25) is 10.0 Å². The van der Waals surface area contributed by atoms with Crippen molar-refractivity contribution in [1.29, 1.82) is 0 Å². The molecule has 23 atom stereocenters. The number of nitrogens with one attached hydrogen (secondary N) is 8. The Morgan fingerprint density at radius 1 is 0.500 bits per heavy atom. The van der Waals surface area contributed by atoms with E-state index in [4.69, 9.17) is 71.6 Å². The summed E-state index contributed by atoms with van der Waals surface area (Å²) in [4.78, 5) is 138. The monoisotopic (exact) mass is 1820 g/mol. The lowest BCUT2D eigenvalue weighted by atomic mass is 9.89. The molecule has 17 bridgehead atoms. The van der Waals surface area contributed by atoms with Gasteiger partial charge >= 0.3 is 5.97 Å². The minimum absolute atomic E-state index is 0.0260. The number of hydrogen-bond acceptors (Lipinski definition) is 33. The van der Waals surface area contributed by atoms with Crippen LogP contribution in [-0.4, -0.2) is 254 Å². The lowest BCUT2D eigenvalue weighted by Gasteiger charge is -2.44. The maximum Gasteiger partial charge on any atom is 0.330 e. The molecule has 0 aliphatic carbocycles. The summed E-state index contributed by atoms with van der Waals surface area (Å²) in [5.74, 6) is -19.6. The summed E-state index contributed by atoms with van der Waals surface area (Å²) in [5.41, 5.74) is 2.76. The van der Waals surface area contributed by atoms with Crippen LogP contribution in [0.15, 0.2) is 115 Å². The van der Waals surface area contributed by atoms with Gasteiger partial charge in [0, 0.05) is 48.6 Å². The fourth-order valence-electron chi connectivity index (χ4n) is 15.8. The number of aliphatic hydroxyl groups is 10. The molecule has 7 aromatic rings. The Morgan fingerprint density at radius 3 is 1.68 bits per heavy atom. The van der Waals surface area contributed by atoms with Crippen LogP contribution in [0.4, 0.5) is 0 Å². The fraction of sp³-hybridized carbons (Fsp3) is 0.393. The molecule has 3 saturated heterocycles.